The van der Waals surface area contributed by atoms with Gasteiger partial charge in [-0.3, -0.25) is 0 Å². The average molecular weight is 263 g/mol. The van der Waals surface area contributed by atoms with Crippen molar-refractivity contribution in [3.63, 3.8) is 0 Å². The summed E-state index contributed by atoms with van der Waals surface area (Å²) in [5.74, 6) is 0.956. The highest BCUT2D eigenvalue weighted by Crippen LogP contribution is 2.18. The normalized spacial score (nSPS) is 11.8. The van der Waals surface area contributed by atoms with Gasteiger partial charge in [0.2, 0.25) is 0 Å². The smallest absolute Gasteiger partial charge is 0.140 e. The minimum Gasteiger partial charge on any atom is -0.409 e. The summed E-state index contributed by atoms with van der Waals surface area (Å²) in [6, 6.07) is 10.3. The maximum atomic E-state index is 8.64. The Morgan fingerprint density at radius 1 is 1.26 bits per heavy atom. The SMILES string of the molecule is CCC(CC)CN(CC/C(N)=N/O)c1ccccc1. The van der Waals surface area contributed by atoms with Crippen LogP contribution in [0.3, 0.4) is 0 Å². The molecule has 0 unspecified atom stereocenters. The highest BCUT2D eigenvalue weighted by atomic mass is 16.4. The Balaban J connectivity index is 2.73. The summed E-state index contributed by atoms with van der Waals surface area (Å²) in [6.45, 7) is 6.23. The van der Waals surface area contributed by atoms with E-state index in [9.17, 15) is 0 Å². The van der Waals surface area contributed by atoms with Gasteiger partial charge in [0, 0.05) is 25.2 Å². The van der Waals surface area contributed by atoms with Gasteiger partial charge in [0.05, 0.1) is 0 Å². The lowest BCUT2D eigenvalue weighted by Crippen LogP contribution is -2.32. The van der Waals surface area contributed by atoms with Gasteiger partial charge in [-0.25, -0.2) is 0 Å². The molecule has 106 valence electrons. The first-order chi connectivity index (χ1) is 9.21. The molecule has 0 saturated heterocycles. The molecule has 1 rings (SSSR count). The second kappa shape index (κ2) is 8.40. The molecular formula is C15H25N3O. The average Bonchev–Trinajstić information content (AvgIpc) is 2.48. The number of benzene rings is 1. The van der Waals surface area contributed by atoms with Crippen LogP contribution in [0.25, 0.3) is 0 Å². The predicted octanol–water partition coefficient (Wildman–Crippen LogP) is 3.07. The zero-order valence-electron chi connectivity index (χ0n) is 11.9. The molecule has 0 spiro atoms. The number of anilines is 1. The lowest BCUT2D eigenvalue weighted by atomic mass is 10.0. The van der Waals surface area contributed by atoms with Crippen LogP contribution in [-0.4, -0.2) is 24.1 Å². The molecule has 3 N–H and O–H groups in total. The van der Waals surface area contributed by atoms with Gasteiger partial charge in [-0.05, 0) is 18.1 Å². The number of nitrogens with two attached hydrogens (primary N) is 1. The van der Waals surface area contributed by atoms with E-state index in [0.29, 0.717) is 12.3 Å². The summed E-state index contributed by atoms with van der Waals surface area (Å²) in [5.41, 5.74) is 6.76. The first kappa shape index (κ1) is 15.3. The number of hydrogen-bond donors (Lipinski definition) is 2. The second-order valence-electron chi connectivity index (χ2n) is 4.81. The monoisotopic (exact) mass is 263 g/mol. The summed E-state index contributed by atoms with van der Waals surface area (Å²) in [5, 5.41) is 11.7. The molecule has 0 aliphatic heterocycles. The Morgan fingerprint density at radius 3 is 2.42 bits per heavy atom. The van der Waals surface area contributed by atoms with Gasteiger partial charge in [0.25, 0.3) is 0 Å². The number of amidine groups is 1. The van der Waals surface area contributed by atoms with Crippen LogP contribution >= 0.6 is 0 Å². The Morgan fingerprint density at radius 2 is 1.89 bits per heavy atom. The molecule has 0 atom stereocenters. The highest BCUT2D eigenvalue weighted by Gasteiger charge is 2.12. The van der Waals surface area contributed by atoms with Gasteiger partial charge in [0.15, 0.2) is 0 Å². The fraction of sp³-hybridized carbons (Fsp3) is 0.533. The van der Waals surface area contributed by atoms with Crippen LogP contribution in [0.15, 0.2) is 35.5 Å². The molecule has 0 aliphatic rings. The third-order valence-corrected chi connectivity index (χ3v) is 3.52. The van der Waals surface area contributed by atoms with Gasteiger partial charge in [-0.2, -0.15) is 0 Å². The van der Waals surface area contributed by atoms with E-state index in [1.165, 1.54) is 18.5 Å². The minimum absolute atomic E-state index is 0.283. The van der Waals surface area contributed by atoms with Crippen molar-refractivity contribution >= 4 is 11.5 Å². The van der Waals surface area contributed by atoms with E-state index < -0.39 is 0 Å². The molecule has 4 heteroatoms. The molecular weight excluding hydrogens is 238 g/mol. The summed E-state index contributed by atoms with van der Waals surface area (Å²) in [4.78, 5) is 2.32. The molecule has 1 aromatic carbocycles. The molecule has 0 fully saturated rings. The van der Waals surface area contributed by atoms with Crippen LogP contribution in [0.4, 0.5) is 5.69 Å². The van der Waals surface area contributed by atoms with Crippen molar-refractivity contribution in [2.45, 2.75) is 33.1 Å². The number of para-hydroxylation sites is 1. The second-order valence-corrected chi connectivity index (χ2v) is 4.81. The maximum absolute atomic E-state index is 8.64. The van der Waals surface area contributed by atoms with Crippen LogP contribution in [0.2, 0.25) is 0 Å². The number of nitrogens with zero attached hydrogens (tertiary/aromatic N) is 2. The molecule has 0 aliphatic carbocycles. The zero-order chi connectivity index (χ0) is 14.1. The van der Waals surface area contributed by atoms with Crippen molar-refractivity contribution in [1.29, 1.82) is 0 Å². The minimum atomic E-state index is 0.283. The maximum Gasteiger partial charge on any atom is 0.140 e. The highest BCUT2D eigenvalue weighted by molar-refractivity contribution is 5.80. The Kier molecular flexibility index (Phi) is 6.79. The molecule has 0 heterocycles. The molecule has 0 bridgehead atoms. The van der Waals surface area contributed by atoms with E-state index in [-0.39, 0.29) is 5.84 Å². The van der Waals surface area contributed by atoms with E-state index in [1.807, 2.05) is 18.2 Å². The van der Waals surface area contributed by atoms with Gasteiger partial charge in [-0.15, -0.1) is 0 Å². The van der Waals surface area contributed by atoms with Crippen molar-refractivity contribution in [1.82, 2.24) is 0 Å². The van der Waals surface area contributed by atoms with E-state index in [4.69, 9.17) is 10.9 Å². The molecule has 0 amide bonds. The lowest BCUT2D eigenvalue weighted by Gasteiger charge is -2.28. The third-order valence-electron chi connectivity index (χ3n) is 3.52. The Hall–Kier alpha value is -1.71. The predicted molar refractivity (Wildman–Crippen MR) is 80.8 cm³/mol. The van der Waals surface area contributed by atoms with Crippen LogP contribution in [-0.2, 0) is 0 Å². The Bertz CT molecular complexity index is 374. The Labute approximate surface area is 115 Å². The van der Waals surface area contributed by atoms with Crippen molar-refractivity contribution in [3.8, 4) is 0 Å². The molecule has 0 saturated carbocycles. The first-order valence-electron chi connectivity index (χ1n) is 6.97. The van der Waals surface area contributed by atoms with Crippen molar-refractivity contribution in [2.24, 2.45) is 16.8 Å². The molecule has 0 aromatic heterocycles. The van der Waals surface area contributed by atoms with Gasteiger partial charge >= 0.3 is 0 Å². The summed E-state index contributed by atoms with van der Waals surface area (Å²) in [7, 11) is 0. The third kappa shape index (κ3) is 5.20. The lowest BCUT2D eigenvalue weighted by molar-refractivity contribution is 0.317. The van der Waals surface area contributed by atoms with Crippen LogP contribution in [0, 0.1) is 5.92 Å². The summed E-state index contributed by atoms with van der Waals surface area (Å²) >= 11 is 0. The van der Waals surface area contributed by atoms with Crippen LogP contribution in [0.5, 0.6) is 0 Å². The molecule has 0 radical (unpaired) electrons. The fourth-order valence-corrected chi connectivity index (χ4v) is 2.12. The molecule has 1 aromatic rings. The van der Waals surface area contributed by atoms with Crippen molar-refractivity contribution < 1.29 is 5.21 Å². The van der Waals surface area contributed by atoms with Gasteiger partial charge in [-0.1, -0.05) is 50.0 Å². The summed E-state index contributed by atoms with van der Waals surface area (Å²) < 4.78 is 0. The zero-order valence-corrected chi connectivity index (χ0v) is 11.9. The number of hydrogen-bond acceptors (Lipinski definition) is 3. The quantitative estimate of drug-likeness (QED) is 0.328. The molecule has 4 nitrogen and oxygen atoms in total. The largest absolute Gasteiger partial charge is 0.409 e. The number of oxime groups is 1. The molecule has 19 heavy (non-hydrogen) atoms. The van der Waals surface area contributed by atoms with Crippen LogP contribution in [0.1, 0.15) is 33.1 Å². The van der Waals surface area contributed by atoms with Gasteiger partial charge in [0.1, 0.15) is 5.84 Å². The van der Waals surface area contributed by atoms with E-state index in [0.717, 1.165) is 13.1 Å². The number of rotatable bonds is 8. The topological polar surface area (TPSA) is 61.8 Å². The van der Waals surface area contributed by atoms with E-state index >= 15 is 0 Å². The van der Waals surface area contributed by atoms with Gasteiger partial charge < -0.3 is 15.8 Å². The van der Waals surface area contributed by atoms with Crippen LogP contribution < -0.4 is 10.6 Å². The summed E-state index contributed by atoms with van der Waals surface area (Å²) in [6.07, 6.45) is 2.92. The fourth-order valence-electron chi connectivity index (χ4n) is 2.12. The van der Waals surface area contributed by atoms with Crippen molar-refractivity contribution in [3.05, 3.63) is 30.3 Å². The van der Waals surface area contributed by atoms with E-state index in [2.05, 4.69) is 36.0 Å². The first-order valence-corrected chi connectivity index (χ1v) is 6.97. The van der Waals surface area contributed by atoms with E-state index in [1.54, 1.807) is 0 Å². The van der Waals surface area contributed by atoms with Crippen molar-refractivity contribution in [2.75, 3.05) is 18.0 Å². The standard InChI is InChI=1S/C15H25N3O/c1-3-13(4-2)12-18(11-10-15(16)17-19)14-8-6-5-7-9-14/h5-9,13,19H,3-4,10-12H2,1-2H3,(H2,16,17).